The molecule has 0 atom stereocenters. The van der Waals surface area contributed by atoms with Gasteiger partial charge < -0.3 is 4.98 Å². The fourth-order valence-electron chi connectivity index (χ4n) is 2.22. The van der Waals surface area contributed by atoms with Gasteiger partial charge in [0.05, 0.1) is 11.0 Å². The Morgan fingerprint density at radius 3 is 2.58 bits per heavy atom. The monoisotopic (exact) mass is 255 g/mol. The van der Waals surface area contributed by atoms with Crippen molar-refractivity contribution in [2.24, 2.45) is 0 Å². The van der Waals surface area contributed by atoms with Crippen LogP contribution in [0.4, 0.5) is 0 Å². The largest absolute Gasteiger partial charge is 0.342 e. The molecule has 0 saturated heterocycles. The van der Waals surface area contributed by atoms with Crippen LogP contribution in [-0.4, -0.2) is 34.5 Å². The SMILES string of the molecule is C=CCN(CC=C)CCCc1nc2ccccc2[nH]1. The minimum atomic E-state index is 0.909. The van der Waals surface area contributed by atoms with E-state index in [0.29, 0.717) is 0 Å². The van der Waals surface area contributed by atoms with Gasteiger partial charge in [0.2, 0.25) is 0 Å². The highest BCUT2D eigenvalue weighted by Gasteiger charge is 2.04. The predicted molar refractivity (Wildman–Crippen MR) is 81.2 cm³/mol. The van der Waals surface area contributed by atoms with Crippen molar-refractivity contribution in [1.82, 2.24) is 14.9 Å². The molecule has 0 bridgehead atoms. The molecule has 0 aliphatic rings. The number of rotatable bonds is 8. The summed E-state index contributed by atoms with van der Waals surface area (Å²) in [5, 5.41) is 0. The van der Waals surface area contributed by atoms with Gasteiger partial charge in [-0.25, -0.2) is 4.98 Å². The third-order valence-electron chi connectivity index (χ3n) is 3.10. The summed E-state index contributed by atoms with van der Waals surface area (Å²) in [5.74, 6) is 1.07. The van der Waals surface area contributed by atoms with Gasteiger partial charge in [-0.15, -0.1) is 13.2 Å². The first-order valence-electron chi connectivity index (χ1n) is 6.71. The van der Waals surface area contributed by atoms with Crippen LogP contribution in [0.1, 0.15) is 12.2 Å². The summed E-state index contributed by atoms with van der Waals surface area (Å²) in [4.78, 5) is 10.3. The number of nitrogens with zero attached hydrogens (tertiary/aromatic N) is 2. The number of aromatic nitrogens is 2. The van der Waals surface area contributed by atoms with Crippen LogP contribution in [0.3, 0.4) is 0 Å². The molecule has 2 aromatic rings. The van der Waals surface area contributed by atoms with E-state index in [9.17, 15) is 0 Å². The Kier molecular flexibility index (Phi) is 4.93. The van der Waals surface area contributed by atoms with E-state index in [1.54, 1.807) is 0 Å². The Labute approximate surface area is 114 Å². The molecule has 0 aliphatic heterocycles. The first-order valence-corrected chi connectivity index (χ1v) is 6.71. The maximum absolute atomic E-state index is 4.59. The standard InChI is InChI=1S/C16H21N3/c1-3-11-19(12-4-2)13-7-10-16-17-14-8-5-6-9-15(14)18-16/h3-6,8-9H,1-2,7,10-13H2,(H,17,18). The van der Waals surface area contributed by atoms with Gasteiger partial charge in [0, 0.05) is 19.5 Å². The minimum Gasteiger partial charge on any atom is -0.342 e. The van der Waals surface area contributed by atoms with Crippen molar-refractivity contribution in [1.29, 1.82) is 0 Å². The van der Waals surface area contributed by atoms with Crippen LogP contribution in [0.5, 0.6) is 0 Å². The number of para-hydroxylation sites is 2. The Morgan fingerprint density at radius 2 is 1.89 bits per heavy atom. The predicted octanol–water partition coefficient (Wildman–Crippen LogP) is 3.17. The molecule has 3 nitrogen and oxygen atoms in total. The van der Waals surface area contributed by atoms with Crippen molar-refractivity contribution in [3.8, 4) is 0 Å². The molecule has 1 N–H and O–H groups in total. The van der Waals surface area contributed by atoms with Gasteiger partial charge in [-0.3, -0.25) is 4.90 Å². The summed E-state index contributed by atoms with van der Waals surface area (Å²) in [6.07, 6.45) is 5.93. The van der Waals surface area contributed by atoms with Crippen LogP contribution < -0.4 is 0 Å². The zero-order valence-electron chi connectivity index (χ0n) is 11.3. The van der Waals surface area contributed by atoms with E-state index in [2.05, 4.69) is 34.1 Å². The van der Waals surface area contributed by atoms with Gasteiger partial charge in [-0.1, -0.05) is 24.3 Å². The van der Waals surface area contributed by atoms with Crippen molar-refractivity contribution in [3.63, 3.8) is 0 Å². The highest BCUT2D eigenvalue weighted by molar-refractivity contribution is 5.74. The van der Waals surface area contributed by atoms with E-state index in [1.165, 1.54) is 0 Å². The van der Waals surface area contributed by atoms with Crippen molar-refractivity contribution in [3.05, 3.63) is 55.4 Å². The van der Waals surface area contributed by atoms with Crippen LogP contribution >= 0.6 is 0 Å². The lowest BCUT2D eigenvalue weighted by molar-refractivity contribution is 0.329. The van der Waals surface area contributed by atoms with Gasteiger partial charge in [-0.05, 0) is 25.1 Å². The molecule has 1 aromatic carbocycles. The van der Waals surface area contributed by atoms with Crippen molar-refractivity contribution >= 4 is 11.0 Å². The Bertz CT molecular complexity index is 499. The third-order valence-corrected chi connectivity index (χ3v) is 3.10. The summed E-state index contributed by atoms with van der Waals surface area (Å²) in [5.41, 5.74) is 2.16. The number of fused-ring (bicyclic) bond motifs is 1. The highest BCUT2D eigenvalue weighted by atomic mass is 15.1. The maximum atomic E-state index is 4.59. The van der Waals surface area contributed by atoms with Crippen molar-refractivity contribution in [2.45, 2.75) is 12.8 Å². The molecule has 0 spiro atoms. The van der Waals surface area contributed by atoms with E-state index in [0.717, 1.165) is 49.3 Å². The zero-order chi connectivity index (χ0) is 13.5. The minimum absolute atomic E-state index is 0.909. The first kappa shape index (κ1) is 13.6. The number of nitrogens with one attached hydrogen (secondary N) is 1. The Hall–Kier alpha value is -1.87. The molecule has 0 aliphatic carbocycles. The van der Waals surface area contributed by atoms with E-state index < -0.39 is 0 Å². The number of hydrogen-bond donors (Lipinski definition) is 1. The summed E-state index contributed by atoms with van der Waals surface area (Å²) < 4.78 is 0. The van der Waals surface area contributed by atoms with Crippen LogP contribution in [0.15, 0.2) is 49.6 Å². The second-order valence-electron chi connectivity index (χ2n) is 4.64. The van der Waals surface area contributed by atoms with E-state index >= 15 is 0 Å². The van der Waals surface area contributed by atoms with Crippen molar-refractivity contribution < 1.29 is 0 Å². The fourth-order valence-corrected chi connectivity index (χ4v) is 2.22. The molecule has 19 heavy (non-hydrogen) atoms. The van der Waals surface area contributed by atoms with E-state index in [4.69, 9.17) is 0 Å². The summed E-state index contributed by atoms with van der Waals surface area (Å²) in [7, 11) is 0. The molecule has 3 heteroatoms. The molecule has 2 rings (SSSR count). The van der Waals surface area contributed by atoms with E-state index in [-0.39, 0.29) is 0 Å². The number of aryl methyl sites for hydroxylation is 1. The third kappa shape index (κ3) is 3.80. The zero-order valence-corrected chi connectivity index (χ0v) is 11.3. The van der Waals surface area contributed by atoms with Gasteiger partial charge in [-0.2, -0.15) is 0 Å². The van der Waals surface area contributed by atoms with Crippen LogP contribution in [0, 0.1) is 0 Å². The van der Waals surface area contributed by atoms with Crippen molar-refractivity contribution in [2.75, 3.05) is 19.6 Å². The molecule has 0 saturated carbocycles. The van der Waals surface area contributed by atoms with Gasteiger partial charge in [0.15, 0.2) is 0 Å². The number of imidazole rings is 1. The number of hydrogen-bond acceptors (Lipinski definition) is 2. The molecule has 1 heterocycles. The van der Waals surface area contributed by atoms with Gasteiger partial charge in [0.25, 0.3) is 0 Å². The molecule has 0 unspecified atom stereocenters. The second kappa shape index (κ2) is 6.90. The van der Waals surface area contributed by atoms with Crippen LogP contribution in [-0.2, 0) is 6.42 Å². The smallest absolute Gasteiger partial charge is 0.107 e. The Balaban J connectivity index is 1.87. The maximum Gasteiger partial charge on any atom is 0.107 e. The quantitative estimate of drug-likeness (QED) is 0.735. The van der Waals surface area contributed by atoms with Crippen LogP contribution in [0.25, 0.3) is 11.0 Å². The normalized spacial score (nSPS) is 11.0. The van der Waals surface area contributed by atoms with Gasteiger partial charge >= 0.3 is 0 Å². The lowest BCUT2D eigenvalue weighted by Crippen LogP contribution is -2.25. The fraction of sp³-hybridized carbons (Fsp3) is 0.312. The molecule has 1 aromatic heterocycles. The topological polar surface area (TPSA) is 31.9 Å². The second-order valence-corrected chi connectivity index (χ2v) is 4.64. The highest BCUT2D eigenvalue weighted by Crippen LogP contribution is 2.11. The summed E-state index contributed by atoms with van der Waals surface area (Å²) in [6, 6.07) is 8.15. The van der Waals surface area contributed by atoms with Gasteiger partial charge in [0.1, 0.15) is 5.82 Å². The molecular weight excluding hydrogens is 234 g/mol. The molecular formula is C16H21N3. The summed E-state index contributed by atoms with van der Waals surface area (Å²) >= 11 is 0. The Morgan fingerprint density at radius 1 is 1.16 bits per heavy atom. The number of H-pyrrole nitrogens is 1. The summed E-state index contributed by atoms with van der Waals surface area (Å²) in [6.45, 7) is 10.4. The average molecular weight is 255 g/mol. The lowest BCUT2D eigenvalue weighted by atomic mass is 10.2. The molecule has 0 amide bonds. The number of aromatic amines is 1. The molecule has 0 fully saturated rings. The average Bonchev–Trinajstić information content (AvgIpc) is 2.82. The van der Waals surface area contributed by atoms with Crippen LogP contribution in [0.2, 0.25) is 0 Å². The molecule has 100 valence electrons. The first-order chi connectivity index (χ1) is 9.33. The lowest BCUT2D eigenvalue weighted by Gasteiger charge is -2.17. The molecule has 0 radical (unpaired) electrons. The van der Waals surface area contributed by atoms with E-state index in [1.807, 2.05) is 30.4 Å². The number of benzene rings is 1.